The van der Waals surface area contributed by atoms with Gasteiger partial charge in [-0.3, -0.25) is 0 Å². The zero-order valence-corrected chi connectivity index (χ0v) is 14.4. The molecule has 0 N–H and O–H groups in total. The minimum atomic E-state index is 0.506. The Morgan fingerprint density at radius 3 is 2.54 bits per heavy atom. The van der Waals surface area contributed by atoms with E-state index in [4.69, 9.17) is 21.0 Å². The summed E-state index contributed by atoms with van der Waals surface area (Å²) in [6.07, 6.45) is 1.61. The zero-order chi connectivity index (χ0) is 16.4. The molecule has 24 heavy (non-hydrogen) atoms. The first-order valence-corrected chi connectivity index (χ1v) is 9.22. The minimum Gasteiger partial charge on any atom is -0.461 e. The van der Waals surface area contributed by atoms with E-state index in [-0.39, 0.29) is 0 Å². The van der Waals surface area contributed by atoms with Crippen molar-refractivity contribution in [2.24, 2.45) is 0 Å². The van der Waals surface area contributed by atoms with Crippen molar-refractivity contribution in [2.75, 3.05) is 29.5 Å². The molecular weight excluding hydrogens is 344 g/mol. The topological polar surface area (TPSA) is 55.1 Å². The van der Waals surface area contributed by atoms with Gasteiger partial charge in [0.05, 0.1) is 6.26 Å². The average molecular weight is 359 g/mol. The van der Waals surface area contributed by atoms with E-state index in [1.165, 1.54) is 0 Å². The Morgan fingerprint density at radius 1 is 1.04 bits per heavy atom. The predicted molar refractivity (Wildman–Crippen MR) is 97.5 cm³/mol. The Kier molecular flexibility index (Phi) is 4.40. The van der Waals surface area contributed by atoms with Crippen LogP contribution >= 0.6 is 23.4 Å². The van der Waals surface area contributed by atoms with Crippen LogP contribution in [0.5, 0.6) is 0 Å². The summed E-state index contributed by atoms with van der Waals surface area (Å²) in [4.78, 5) is 7.02. The lowest BCUT2D eigenvalue weighted by Gasteiger charge is -2.28. The maximum absolute atomic E-state index is 6.00. The summed E-state index contributed by atoms with van der Waals surface area (Å²) in [6, 6.07) is 11.3. The predicted octanol–water partition coefficient (Wildman–Crippen LogP) is 4.01. The number of halogens is 1. The molecule has 0 atom stereocenters. The van der Waals surface area contributed by atoms with Crippen LogP contribution in [0.25, 0.3) is 22.8 Å². The molecule has 0 unspecified atom stereocenters. The molecule has 1 fully saturated rings. The van der Waals surface area contributed by atoms with Gasteiger partial charge in [-0.2, -0.15) is 11.8 Å². The fourth-order valence-electron chi connectivity index (χ4n) is 2.62. The summed E-state index contributed by atoms with van der Waals surface area (Å²) in [7, 11) is 0. The van der Waals surface area contributed by atoms with Crippen molar-refractivity contribution in [3.63, 3.8) is 0 Å². The molecule has 1 aromatic carbocycles. The SMILES string of the molecule is Clc1ccc(-c2nnc(-c3ccco3)nc2N2CCSCC2)cc1. The zero-order valence-electron chi connectivity index (χ0n) is 12.9. The summed E-state index contributed by atoms with van der Waals surface area (Å²) in [5.41, 5.74) is 1.73. The highest BCUT2D eigenvalue weighted by Gasteiger charge is 2.21. The largest absolute Gasteiger partial charge is 0.461 e. The van der Waals surface area contributed by atoms with E-state index in [9.17, 15) is 0 Å². The molecule has 0 aliphatic carbocycles. The highest BCUT2D eigenvalue weighted by molar-refractivity contribution is 7.99. The molecule has 0 spiro atoms. The van der Waals surface area contributed by atoms with E-state index in [1.807, 2.05) is 48.2 Å². The van der Waals surface area contributed by atoms with E-state index >= 15 is 0 Å². The molecule has 122 valence electrons. The van der Waals surface area contributed by atoms with Gasteiger partial charge < -0.3 is 9.32 Å². The monoisotopic (exact) mass is 358 g/mol. The first-order valence-electron chi connectivity index (χ1n) is 7.68. The molecule has 1 saturated heterocycles. The van der Waals surface area contributed by atoms with Crippen molar-refractivity contribution in [1.82, 2.24) is 15.2 Å². The van der Waals surface area contributed by atoms with Crippen molar-refractivity contribution in [1.29, 1.82) is 0 Å². The molecule has 3 aromatic rings. The van der Waals surface area contributed by atoms with Gasteiger partial charge in [-0.05, 0) is 24.3 Å². The standard InChI is InChI=1S/C17H15ClN4OS/c18-13-5-3-12(4-6-13)15-17(22-7-10-24-11-8-22)19-16(21-20-15)14-2-1-9-23-14/h1-6,9H,7-8,10-11H2. The van der Waals surface area contributed by atoms with Gasteiger partial charge >= 0.3 is 0 Å². The summed E-state index contributed by atoms with van der Waals surface area (Å²) in [6.45, 7) is 1.89. The van der Waals surface area contributed by atoms with Crippen LogP contribution in [0.3, 0.4) is 0 Å². The highest BCUT2D eigenvalue weighted by Crippen LogP contribution is 2.31. The van der Waals surface area contributed by atoms with Gasteiger partial charge in [0, 0.05) is 35.2 Å². The first-order chi connectivity index (χ1) is 11.8. The smallest absolute Gasteiger partial charge is 0.219 e. The van der Waals surface area contributed by atoms with Gasteiger partial charge in [-0.25, -0.2) is 4.98 Å². The van der Waals surface area contributed by atoms with Crippen molar-refractivity contribution in [3.05, 3.63) is 47.7 Å². The number of benzene rings is 1. The molecule has 0 amide bonds. The Labute approximate surface area is 149 Å². The number of thioether (sulfide) groups is 1. The molecular formula is C17H15ClN4OS. The lowest BCUT2D eigenvalue weighted by molar-refractivity contribution is 0.575. The molecule has 0 bridgehead atoms. The molecule has 1 aliphatic rings. The van der Waals surface area contributed by atoms with Gasteiger partial charge in [-0.15, -0.1) is 10.2 Å². The molecule has 2 aromatic heterocycles. The molecule has 5 nitrogen and oxygen atoms in total. The first kappa shape index (κ1) is 15.5. The lowest BCUT2D eigenvalue weighted by Crippen LogP contribution is -2.34. The van der Waals surface area contributed by atoms with E-state index < -0.39 is 0 Å². The van der Waals surface area contributed by atoms with Crippen molar-refractivity contribution in [3.8, 4) is 22.8 Å². The summed E-state index contributed by atoms with van der Waals surface area (Å²) in [5, 5.41) is 9.40. The number of furan rings is 1. The van der Waals surface area contributed by atoms with E-state index in [0.29, 0.717) is 16.6 Å². The van der Waals surface area contributed by atoms with Crippen LogP contribution in [0.1, 0.15) is 0 Å². The highest BCUT2D eigenvalue weighted by atomic mass is 35.5. The van der Waals surface area contributed by atoms with Gasteiger partial charge in [-0.1, -0.05) is 23.7 Å². The van der Waals surface area contributed by atoms with Crippen LogP contribution in [0.4, 0.5) is 5.82 Å². The number of hydrogen-bond acceptors (Lipinski definition) is 6. The van der Waals surface area contributed by atoms with Gasteiger partial charge in [0.2, 0.25) is 5.82 Å². The Balaban J connectivity index is 1.81. The number of hydrogen-bond donors (Lipinski definition) is 0. The average Bonchev–Trinajstić information content (AvgIpc) is 3.17. The third kappa shape index (κ3) is 3.12. The summed E-state index contributed by atoms with van der Waals surface area (Å²) >= 11 is 7.96. The fourth-order valence-corrected chi connectivity index (χ4v) is 3.65. The van der Waals surface area contributed by atoms with E-state index in [2.05, 4.69) is 15.1 Å². The maximum atomic E-state index is 6.00. The number of aromatic nitrogens is 3. The van der Waals surface area contributed by atoms with Crippen LogP contribution in [0.2, 0.25) is 5.02 Å². The lowest BCUT2D eigenvalue weighted by atomic mass is 10.1. The van der Waals surface area contributed by atoms with Crippen LogP contribution in [0.15, 0.2) is 47.1 Å². The summed E-state index contributed by atoms with van der Waals surface area (Å²) in [5.74, 6) is 4.14. The summed E-state index contributed by atoms with van der Waals surface area (Å²) < 4.78 is 5.42. The van der Waals surface area contributed by atoms with Gasteiger partial charge in [0.1, 0.15) is 5.69 Å². The van der Waals surface area contributed by atoms with Gasteiger partial charge in [0.15, 0.2) is 11.6 Å². The number of nitrogens with zero attached hydrogens (tertiary/aromatic N) is 4. The van der Waals surface area contributed by atoms with Crippen molar-refractivity contribution < 1.29 is 4.42 Å². The maximum Gasteiger partial charge on any atom is 0.219 e. The quantitative estimate of drug-likeness (QED) is 0.705. The van der Waals surface area contributed by atoms with Crippen LogP contribution in [-0.4, -0.2) is 39.8 Å². The molecule has 7 heteroatoms. The Morgan fingerprint density at radius 2 is 1.83 bits per heavy atom. The molecule has 4 rings (SSSR count). The van der Waals surface area contributed by atoms with Crippen LogP contribution in [-0.2, 0) is 0 Å². The fraction of sp³-hybridized carbons (Fsp3) is 0.235. The minimum absolute atomic E-state index is 0.506. The molecule has 0 radical (unpaired) electrons. The van der Waals surface area contributed by atoms with Gasteiger partial charge in [0.25, 0.3) is 0 Å². The van der Waals surface area contributed by atoms with E-state index in [0.717, 1.165) is 41.7 Å². The van der Waals surface area contributed by atoms with Crippen LogP contribution < -0.4 is 4.90 Å². The van der Waals surface area contributed by atoms with Crippen LogP contribution in [0, 0.1) is 0 Å². The molecule has 3 heterocycles. The second-order valence-corrected chi connectivity index (χ2v) is 7.05. The third-order valence-electron chi connectivity index (χ3n) is 3.84. The van der Waals surface area contributed by atoms with Crippen molar-refractivity contribution in [2.45, 2.75) is 0 Å². The normalized spacial score (nSPS) is 14.8. The Hall–Kier alpha value is -2.05. The van der Waals surface area contributed by atoms with E-state index in [1.54, 1.807) is 6.26 Å². The third-order valence-corrected chi connectivity index (χ3v) is 5.03. The number of rotatable bonds is 3. The Bertz CT molecular complexity index is 817. The number of anilines is 1. The second kappa shape index (κ2) is 6.83. The van der Waals surface area contributed by atoms with Crippen molar-refractivity contribution >= 4 is 29.2 Å². The molecule has 0 saturated carbocycles. The molecule has 1 aliphatic heterocycles. The second-order valence-electron chi connectivity index (χ2n) is 5.39.